The molecule has 1 N–H and O–H groups in total. The van der Waals surface area contributed by atoms with E-state index in [0.29, 0.717) is 49.6 Å². The number of methoxy groups -OCH3 is 1. The monoisotopic (exact) mass is 279 g/mol. The first-order chi connectivity index (χ1) is 9.65. The van der Waals surface area contributed by atoms with Crippen molar-refractivity contribution in [2.75, 3.05) is 26.8 Å². The summed E-state index contributed by atoms with van der Waals surface area (Å²) in [7, 11) is 1.57. The second-order valence-corrected chi connectivity index (χ2v) is 4.82. The van der Waals surface area contributed by atoms with Crippen LogP contribution in [0.15, 0.2) is 18.2 Å². The number of likely N-dealkylation sites (tertiary alicyclic amines) is 1. The van der Waals surface area contributed by atoms with E-state index in [1.165, 1.54) is 0 Å². The van der Waals surface area contributed by atoms with Gasteiger partial charge in [-0.25, -0.2) is 0 Å². The first-order valence-corrected chi connectivity index (χ1v) is 6.94. The number of hydrogen-bond donors (Lipinski definition) is 1. The molecule has 0 unspecified atom stereocenters. The number of rotatable bonds is 4. The Hall–Kier alpha value is -1.75. The molecule has 1 saturated heterocycles. The highest BCUT2D eigenvalue weighted by Gasteiger charge is 2.23. The zero-order valence-corrected chi connectivity index (χ0v) is 12.0. The van der Waals surface area contributed by atoms with Crippen LogP contribution in [0.5, 0.6) is 11.5 Å². The van der Waals surface area contributed by atoms with Gasteiger partial charge in [-0.05, 0) is 38.0 Å². The lowest BCUT2D eigenvalue weighted by Gasteiger charge is -2.29. The molecular formula is C15H21NO4. The van der Waals surface area contributed by atoms with Gasteiger partial charge in [0.25, 0.3) is 5.91 Å². The third-order valence-electron chi connectivity index (χ3n) is 3.46. The van der Waals surface area contributed by atoms with E-state index in [1.807, 2.05) is 6.92 Å². The van der Waals surface area contributed by atoms with Crippen LogP contribution >= 0.6 is 0 Å². The molecule has 0 bridgehead atoms. The molecule has 0 aromatic heterocycles. The van der Waals surface area contributed by atoms with E-state index in [4.69, 9.17) is 9.47 Å². The van der Waals surface area contributed by atoms with Crippen LogP contribution in [-0.4, -0.2) is 48.8 Å². The number of aliphatic hydroxyl groups excluding tert-OH is 1. The molecule has 1 fully saturated rings. The first-order valence-electron chi connectivity index (χ1n) is 6.94. The summed E-state index contributed by atoms with van der Waals surface area (Å²) in [6, 6.07) is 5.21. The Bertz CT molecular complexity index is 467. The quantitative estimate of drug-likeness (QED) is 0.911. The van der Waals surface area contributed by atoms with Crippen LogP contribution < -0.4 is 9.47 Å². The summed E-state index contributed by atoms with van der Waals surface area (Å²) in [6.07, 6.45) is 0.995. The van der Waals surface area contributed by atoms with Crippen LogP contribution in [0.25, 0.3) is 0 Å². The van der Waals surface area contributed by atoms with E-state index in [1.54, 1.807) is 30.2 Å². The van der Waals surface area contributed by atoms with Crippen molar-refractivity contribution in [3.8, 4) is 11.5 Å². The third-order valence-corrected chi connectivity index (χ3v) is 3.46. The minimum Gasteiger partial charge on any atom is -0.493 e. The second-order valence-electron chi connectivity index (χ2n) is 4.82. The summed E-state index contributed by atoms with van der Waals surface area (Å²) in [5.74, 6) is 1.18. The van der Waals surface area contributed by atoms with Gasteiger partial charge in [-0.15, -0.1) is 0 Å². The van der Waals surface area contributed by atoms with E-state index >= 15 is 0 Å². The number of piperidine rings is 1. The summed E-state index contributed by atoms with van der Waals surface area (Å²) >= 11 is 0. The van der Waals surface area contributed by atoms with Gasteiger partial charge in [-0.3, -0.25) is 4.79 Å². The number of benzene rings is 1. The third kappa shape index (κ3) is 3.22. The molecule has 5 nitrogen and oxygen atoms in total. The van der Waals surface area contributed by atoms with Gasteiger partial charge in [0.15, 0.2) is 11.5 Å². The maximum Gasteiger partial charge on any atom is 0.253 e. The smallest absolute Gasteiger partial charge is 0.253 e. The number of nitrogens with zero attached hydrogens (tertiary/aromatic N) is 1. The average molecular weight is 279 g/mol. The molecule has 1 heterocycles. The predicted octanol–water partition coefficient (Wildman–Crippen LogP) is 1.69. The number of carbonyl (C=O) groups excluding carboxylic acids is 1. The van der Waals surface area contributed by atoms with Crippen molar-refractivity contribution in [2.24, 2.45) is 0 Å². The molecule has 5 heteroatoms. The predicted molar refractivity (Wildman–Crippen MR) is 75.3 cm³/mol. The Morgan fingerprint density at radius 3 is 2.65 bits per heavy atom. The fourth-order valence-corrected chi connectivity index (χ4v) is 2.33. The minimum atomic E-state index is -0.283. The Kier molecular flexibility index (Phi) is 4.84. The summed E-state index contributed by atoms with van der Waals surface area (Å²) < 4.78 is 10.7. The van der Waals surface area contributed by atoms with Gasteiger partial charge in [-0.2, -0.15) is 0 Å². The zero-order valence-electron chi connectivity index (χ0n) is 12.0. The summed E-state index contributed by atoms with van der Waals surface area (Å²) in [4.78, 5) is 14.2. The summed E-state index contributed by atoms with van der Waals surface area (Å²) in [5.41, 5.74) is 0.589. The van der Waals surface area contributed by atoms with Crippen LogP contribution in [-0.2, 0) is 0 Å². The number of ether oxygens (including phenoxy) is 2. The normalized spacial score (nSPS) is 16.1. The lowest BCUT2D eigenvalue weighted by molar-refractivity contribution is 0.0546. The van der Waals surface area contributed by atoms with Crippen molar-refractivity contribution in [1.82, 2.24) is 4.90 Å². The topological polar surface area (TPSA) is 59.0 Å². The van der Waals surface area contributed by atoms with Crippen LogP contribution in [0.1, 0.15) is 30.1 Å². The average Bonchev–Trinajstić information content (AvgIpc) is 2.47. The van der Waals surface area contributed by atoms with E-state index in [0.717, 1.165) is 0 Å². The molecule has 110 valence electrons. The second kappa shape index (κ2) is 6.61. The van der Waals surface area contributed by atoms with Gasteiger partial charge in [0.2, 0.25) is 0 Å². The van der Waals surface area contributed by atoms with E-state index in [9.17, 15) is 9.90 Å². The highest BCUT2D eigenvalue weighted by Crippen LogP contribution is 2.28. The highest BCUT2D eigenvalue weighted by atomic mass is 16.5. The molecular weight excluding hydrogens is 258 g/mol. The van der Waals surface area contributed by atoms with Gasteiger partial charge in [0.05, 0.1) is 19.8 Å². The van der Waals surface area contributed by atoms with Crippen molar-refractivity contribution in [3.05, 3.63) is 23.8 Å². The molecule has 2 rings (SSSR count). The summed E-state index contributed by atoms with van der Waals surface area (Å²) in [5, 5.41) is 9.49. The lowest BCUT2D eigenvalue weighted by atomic mass is 10.1. The fraction of sp³-hybridized carbons (Fsp3) is 0.533. The summed E-state index contributed by atoms with van der Waals surface area (Å²) in [6.45, 7) is 3.59. The van der Waals surface area contributed by atoms with Gasteiger partial charge in [0, 0.05) is 18.7 Å². The van der Waals surface area contributed by atoms with Gasteiger partial charge in [-0.1, -0.05) is 0 Å². The number of amides is 1. The number of aliphatic hydroxyl groups is 1. The lowest BCUT2D eigenvalue weighted by Crippen LogP contribution is -2.40. The van der Waals surface area contributed by atoms with Crippen LogP contribution in [0.2, 0.25) is 0 Å². The number of hydrogen-bond acceptors (Lipinski definition) is 4. The molecule has 0 spiro atoms. The Labute approximate surface area is 119 Å². The SMILES string of the molecule is CCOc1cc(C(=O)N2CCC(O)CC2)ccc1OC. The first kappa shape index (κ1) is 14.7. The highest BCUT2D eigenvalue weighted by molar-refractivity contribution is 5.95. The minimum absolute atomic E-state index is 0.0273. The van der Waals surface area contributed by atoms with E-state index in [-0.39, 0.29) is 12.0 Å². The molecule has 0 atom stereocenters. The Morgan fingerprint density at radius 2 is 2.05 bits per heavy atom. The standard InChI is InChI=1S/C15H21NO4/c1-3-20-14-10-11(4-5-13(14)19-2)15(18)16-8-6-12(17)7-9-16/h4-5,10,12,17H,3,6-9H2,1-2H3. The maximum atomic E-state index is 12.4. The Balaban J connectivity index is 2.15. The molecule has 1 aromatic carbocycles. The number of carbonyl (C=O) groups is 1. The molecule has 0 aliphatic carbocycles. The fourth-order valence-electron chi connectivity index (χ4n) is 2.33. The Morgan fingerprint density at radius 1 is 1.35 bits per heavy atom. The molecule has 0 saturated carbocycles. The van der Waals surface area contributed by atoms with E-state index < -0.39 is 0 Å². The van der Waals surface area contributed by atoms with Crippen molar-refractivity contribution >= 4 is 5.91 Å². The zero-order chi connectivity index (χ0) is 14.5. The van der Waals surface area contributed by atoms with Gasteiger partial charge in [0.1, 0.15) is 0 Å². The molecule has 1 aromatic rings. The maximum absolute atomic E-state index is 12.4. The molecule has 1 amide bonds. The molecule has 1 aliphatic heterocycles. The van der Waals surface area contributed by atoms with Crippen molar-refractivity contribution in [3.63, 3.8) is 0 Å². The van der Waals surface area contributed by atoms with Crippen molar-refractivity contribution < 1.29 is 19.4 Å². The van der Waals surface area contributed by atoms with Crippen LogP contribution in [0.3, 0.4) is 0 Å². The largest absolute Gasteiger partial charge is 0.493 e. The molecule has 1 aliphatic rings. The van der Waals surface area contributed by atoms with Gasteiger partial charge >= 0.3 is 0 Å². The van der Waals surface area contributed by atoms with Crippen LogP contribution in [0.4, 0.5) is 0 Å². The molecule has 20 heavy (non-hydrogen) atoms. The van der Waals surface area contributed by atoms with E-state index in [2.05, 4.69) is 0 Å². The van der Waals surface area contributed by atoms with Crippen molar-refractivity contribution in [2.45, 2.75) is 25.9 Å². The van der Waals surface area contributed by atoms with Crippen LogP contribution in [0, 0.1) is 0 Å². The van der Waals surface area contributed by atoms with Gasteiger partial charge < -0.3 is 19.5 Å². The van der Waals surface area contributed by atoms with Crippen molar-refractivity contribution in [1.29, 1.82) is 0 Å². The molecule has 0 radical (unpaired) electrons.